The Hall–Kier alpha value is -0.500. The summed E-state index contributed by atoms with van der Waals surface area (Å²) >= 11 is 3.37. The van der Waals surface area contributed by atoms with Gasteiger partial charge in [-0.2, -0.15) is 0 Å². The van der Waals surface area contributed by atoms with Gasteiger partial charge in [-0.15, -0.1) is 0 Å². The van der Waals surface area contributed by atoms with E-state index in [-0.39, 0.29) is 0 Å². The summed E-state index contributed by atoms with van der Waals surface area (Å²) in [5.41, 5.74) is 1.26. The minimum absolute atomic E-state index is 0.896. The van der Waals surface area contributed by atoms with Gasteiger partial charge in [-0.25, -0.2) is 0 Å². The molecule has 60 valence electrons. The Balaban J connectivity index is 2.78. The van der Waals surface area contributed by atoms with E-state index in [1.54, 1.807) is 0 Å². The van der Waals surface area contributed by atoms with E-state index in [1.807, 2.05) is 25.1 Å². The predicted molar refractivity (Wildman–Crippen MR) is 50.9 cm³/mol. The van der Waals surface area contributed by atoms with Gasteiger partial charge < -0.3 is 4.42 Å². The van der Waals surface area contributed by atoms with Crippen LogP contribution in [0, 0.1) is 6.92 Å². The van der Waals surface area contributed by atoms with E-state index in [4.69, 9.17) is 4.42 Å². The van der Waals surface area contributed by atoms with Gasteiger partial charge in [0.25, 0.3) is 0 Å². The lowest BCUT2D eigenvalue weighted by molar-refractivity contribution is 0.524. The van der Waals surface area contributed by atoms with Gasteiger partial charge in [-0.05, 0) is 32.1 Å². The van der Waals surface area contributed by atoms with Crippen LogP contribution in [-0.2, 0) is 0 Å². The summed E-state index contributed by atoms with van der Waals surface area (Å²) < 4.78 is 5.36. The van der Waals surface area contributed by atoms with E-state index < -0.39 is 0 Å². The van der Waals surface area contributed by atoms with Crippen molar-refractivity contribution in [3.8, 4) is 0 Å². The van der Waals surface area contributed by atoms with Crippen molar-refractivity contribution in [3.05, 3.63) is 29.2 Å². The molecule has 2 heteroatoms. The largest absolute Gasteiger partial charge is 0.462 e. The second kappa shape index (κ2) is 3.77. The van der Waals surface area contributed by atoms with Crippen LogP contribution in [0.4, 0.5) is 0 Å². The second-order valence-corrected chi connectivity index (χ2v) is 3.13. The Morgan fingerprint density at radius 1 is 1.64 bits per heavy atom. The molecule has 1 aromatic heterocycles. The van der Waals surface area contributed by atoms with Crippen molar-refractivity contribution in [1.29, 1.82) is 0 Å². The highest BCUT2D eigenvalue weighted by Gasteiger charge is 1.93. The predicted octanol–water partition coefficient (Wildman–Crippen LogP) is 3.39. The van der Waals surface area contributed by atoms with Crippen LogP contribution in [0.25, 0.3) is 6.08 Å². The van der Waals surface area contributed by atoms with Crippen molar-refractivity contribution >= 4 is 22.0 Å². The molecule has 0 saturated heterocycles. The van der Waals surface area contributed by atoms with E-state index in [1.165, 1.54) is 5.57 Å². The number of allylic oxidation sites excluding steroid dienone is 1. The molecule has 1 nitrogen and oxygen atoms in total. The highest BCUT2D eigenvalue weighted by atomic mass is 79.9. The van der Waals surface area contributed by atoms with E-state index in [2.05, 4.69) is 22.9 Å². The fourth-order valence-corrected chi connectivity index (χ4v) is 0.974. The molecular weight excluding hydrogens is 204 g/mol. The summed E-state index contributed by atoms with van der Waals surface area (Å²) in [5.74, 6) is 1.89. The summed E-state index contributed by atoms with van der Waals surface area (Å²) in [6.07, 6.45) is 2.03. The van der Waals surface area contributed by atoms with Crippen molar-refractivity contribution in [2.75, 3.05) is 5.33 Å². The molecule has 0 aromatic carbocycles. The number of hydrogen-bond acceptors (Lipinski definition) is 1. The summed E-state index contributed by atoms with van der Waals surface area (Å²) in [7, 11) is 0. The smallest absolute Gasteiger partial charge is 0.127 e. The molecule has 0 aliphatic rings. The molecule has 1 aromatic rings. The van der Waals surface area contributed by atoms with Gasteiger partial charge in [0.05, 0.1) is 0 Å². The lowest BCUT2D eigenvalue weighted by Gasteiger charge is -1.90. The lowest BCUT2D eigenvalue weighted by Crippen LogP contribution is -1.73. The molecule has 0 saturated carbocycles. The Bertz CT molecular complexity index is 260. The number of aryl methyl sites for hydroxylation is 1. The molecule has 0 spiro atoms. The van der Waals surface area contributed by atoms with Crippen molar-refractivity contribution < 1.29 is 4.42 Å². The first-order valence-electron chi connectivity index (χ1n) is 3.52. The molecule has 0 radical (unpaired) electrons. The monoisotopic (exact) mass is 214 g/mol. The van der Waals surface area contributed by atoms with Crippen LogP contribution in [0.2, 0.25) is 0 Å². The molecule has 0 unspecified atom stereocenters. The van der Waals surface area contributed by atoms with Crippen molar-refractivity contribution in [3.63, 3.8) is 0 Å². The first-order valence-corrected chi connectivity index (χ1v) is 4.64. The van der Waals surface area contributed by atoms with Crippen LogP contribution >= 0.6 is 15.9 Å². The van der Waals surface area contributed by atoms with Crippen LogP contribution in [-0.4, -0.2) is 5.33 Å². The topological polar surface area (TPSA) is 13.1 Å². The SMILES string of the molecule is CC(=Cc1ccc(C)o1)CBr. The third-order valence-corrected chi connectivity index (χ3v) is 2.25. The standard InChI is InChI=1S/C9H11BrO/c1-7(6-10)5-9-4-3-8(2)11-9/h3-5H,6H2,1-2H3. The normalized spacial score (nSPS) is 12.1. The molecule has 0 fully saturated rings. The van der Waals surface area contributed by atoms with Gasteiger partial charge in [0, 0.05) is 5.33 Å². The van der Waals surface area contributed by atoms with Crippen LogP contribution in [0.3, 0.4) is 0 Å². The lowest BCUT2D eigenvalue weighted by atomic mass is 10.3. The molecule has 0 aliphatic heterocycles. The minimum atomic E-state index is 0.896. The summed E-state index contributed by atoms with van der Waals surface area (Å²) in [6, 6.07) is 3.94. The summed E-state index contributed by atoms with van der Waals surface area (Å²) in [4.78, 5) is 0. The van der Waals surface area contributed by atoms with Crippen LogP contribution in [0.15, 0.2) is 22.1 Å². The highest BCUT2D eigenvalue weighted by molar-refractivity contribution is 9.09. The highest BCUT2D eigenvalue weighted by Crippen LogP contribution is 2.11. The Labute approximate surface area is 75.2 Å². The average Bonchev–Trinajstić information content (AvgIpc) is 2.35. The number of halogens is 1. The zero-order valence-electron chi connectivity index (χ0n) is 6.73. The van der Waals surface area contributed by atoms with E-state index in [9.17, 15) is 0 Å². The number of hydrogen-bond donors (Lipinski definition) is 0. The van der Waals surface area contributed by atoms with Crippen molar-refractivity contribution in [2.24, 2.45) is 0 Å². The fraction of sp³-hybridized carbons (Fsp3) is 0.333. The van der Waals surface area contributed by atoms with Crippen LogP contribution < -0.4 is 0 Å². The Morgan fingerprint density at radius 3 is 2.82 bits per heavy atom. The molecule has 0 aliphatic carbocycles. The molecule has 0 bridgehead atoms. The minimum Gasteiger partial charge on any atom is -0.462 e. The Kier molecular flexibility index (Phi) is 2.94. The van der Waals surface area contributed by atoms with Gasteiger partial charge in [0.15, 0.2) is 0 Å². The van der Waals surface area contributed by atoms with Crippen LogP contribution in [0.1, 0.15) is 18.4 Å². The van der Waals surface area contributed by atoms with Crippen LogP contribution in [0.5, 0.6) is 0 Å². The van der Waals surface area contributed by atoms with Crippen molar-refractivity contribution in [2.45, 2.75) is 13.8 Å². The first kappa shape index (κ1) is 8.60. The zero-order valence-corrected chi connectivity index (χ0v) is 8.31. The number of rotatable bonds is 2. The molecule has 11 heavy (non-hydrogen) atoms. The van der Waals surface area contributed by atoms with Crippen molar-refractivity contribution in [1.82, 2.24) is 0 Å². The maximum atomic E-state index is 5.36. The molecule has 0 N–H and O–H groups in total. The fourth-order valence-electron chi connectivity index (χ4n) is 0.812. The van der Waals surface area contributed by atoms with Gasteiger partial charge in [-0.3, -0.25) is 0 Å². The van der Waals surface area contributed by atoms with E-state index in [0.717, 1.165) is 16.9 Å². The van der Waals surface area contributed by atoms with Gasteiger partial charge in [-0.1, -0.05) is 21.5 Å². The third-order valence-electron chi connectivity index (χ3n) is 1.36. The van der Waals surface area contributed by atoms with Gasteiger partial charge in [0.1, 0.15) is 11.5 Å². The van der Waals surface area contributed by atoms with Gasteiger partial charge >= 0.3 is 0 Å². The van der Waals surface area contributed by atoms with E-state index >= 15 is 0 Å². The number of furan rings is 1. The number of alkyl halides is 1. The third kappa shape index (κ3) is 2.54. The maximum Gasteiger partial charge on any atom is 0.127 e. The van der Waals surface area contributed by atoms with Gasteiger partial charge in [0.2, 0.25) is 0 Å². The maximum absolute atomic E-state index is 5.36. The molecular formula is C9H11BrO. The second-order valence-electron chi connectivity index (χ2n) is 2.57. The molecule has 0 amide bonds. The average molecular weight is 215 g/mol. The van der Waals surface area contributed by atoms with E-state index in [0.29, 0.717) is 0 Å². The zero-order chi connectivity index (χ0) is 8.27. The quantitative estimate of drug-likeness (QED) is 0.689. The molecule has 0 atom stereocenters. The summed E-state index contributed by atoms with van der Waals surface area (Å²) in [5, 5.41) is 0.896. The Morgan fingerprint density at radius 2 is 2.36 bits per heavy atom. The molecule has 1 rings (SSSR count). The first-order chi connectivity index (χ1) is 5.22. The molecule has 1 heterocycles. The summed E-state index contributed by atoms with van der Waals surface area (Å²) in [6.45, 7) is 4.01.